The Morgan fingerprint density at radius 3 is 2.86 bits per heavy atom. The Hall–Kier alpha value is -2.96. The molecule has 1 aliphatic heterocycles. The highest BCUT2D eigenvalue weighted by Gasteiger charge is 2.27. The summed E-state index contributed by atoms with van der Waals surface area (Å²) in [5, 5.41) is 20.4. The number of benzene rings is 1. The number of hydrogen-bond donors (Lipinski definition) is 3. The van der Waals surface area contributed by atoms with E-state index >= 15 is 0 Å². The fourth-order valence-corrected chi connectivity index (χ4v) is 3.95. The average Bonchev–Trinajstić information content (AvgIpc) is 3.15. The first-order valence-corrected chi connectivity index (χ1v) is 9.89. The molecule has 0 radical (unpaired) electrons. The van der Waals surface area contributed by atoms with Crippen LogP contribution >= 0.6 is 0 Å². The van der Waals surface area contributed by atoms with E-state index in [-0.39, 0.29) is 5.92 Å². The van der Waals surface area contributed by atoms with Crippen molar-refractivity contribution in [1.82, 2.24) is 15.4 Å². The van der Waals surface area contributed by atoms with Crippen LogP contribution in [0.3, 0.4) is 0 Å². The number of nitrogens with zero attached hydrogens (tertiary/aromatic N) is 4. The van der Waals surface area contributed by atoms with Gasteiger partial charge in [-0.2, -0.15) is 5.10 Å². The zero-order valence-corrected chi connectivity index (χ0v) is 16.0. The van der Waals surface area contributed by atoms with Crippen LogP contribution in [0.25, 0.3) is 0 Å². The molecule has 28 heavy (non-hydrogen) atoms. The Labute approximate surface area is 165 Å². The number of rotatable bonds is 6. The number of anilines is 1. The van der Waals surface area contributed by atoms with Gasteiger partial charge in [0.25, 0.3) is 0 Å². The number of hydrazone groups is 1. The average molecular weight is 378 g/mol. The molecule has 0 amide bonds. The topological polar surface area (TPSA) is 94.8 Å². The van der Waals surface area contributed by atoms with E-state index in [0.717, 1.165) is 37.1 Å². The normalized spacial score (nSPS) is 24.8. The van der Waals surface area contributed by atoms with E-state index in [0.29, 0.717) is 30.0 Å². The highest BCUT2D eigenvalue weighted by atomic mass is 16.4. The molecule has 3 N–H and O–H groups in total. The molecule has 1 aliphatic carbocycles. The molecule has 2 aliphatic rings. The van der Waals surface area contributed by atoms with Gasteiger partial charge in [0.05, 0.1) is 11.4 Å². The second kappa shape index (κ2) is 8.37. The van der Waals surface area contributed by atoms with Gasteiger partial charge in [0.1, 0.15) is 0 Å². The van der Waals surface area contributed by atoms with E-state index in [1.165, 1.54) is 5.56 Å². The summed E-state index contributed by atoms with van der Waals surface area (Å²) in [5.74, 6) is 1.38. The van der Waals surface area contributed by atoms with Gasteiger partial charge >= 0.3 is 0 Å². The molecule has 4 rings (SSSR count). The van der Waals surface area contributed by atoms with Gasteiger partial charge in [-0.05, 0) is 37.7 Å². The zero-order chi connectivity index (χ0) is 19.3. The van der Waals surface area contributed by atoms with E-state index in [4.69, 9.17) is 4.98 Å². The molecule has 3 unspecified atom stereocenters. The van der Waals surface area contributed by atoms with Crippen LogP contribution in [0.1, 0.15) is 48.9 Å². The molecule has 1 aromatic heterocycles. The standard InChI is InChI=1S/C21H26N6O/c1-14-16(12-24-26-14)8-5-9-22-21-23-13-18-19(25-21)10-17(11-20(18)27-28)15-6-3-2-4-7-15/h2-4,6-7,12-14,16-17,26,28H,5,8-11H2,1H3,(H,22,23,25)/b27-20+. The molecule has 7 nitrogen and oxygen atoms in total. The lowest BCUT2D eigenvalue weighted by Crippen LogP contribution is -2.24. The molecular formula is C21H26N6O. The SMILES string of the molecule is CC1NN=CC1CCCNc1ncc2c(n1)CC(c1ccccc1)C/C2=N\O. The monoisotopic (exact) mass is 378 g/mol. The van der Waals surface area contributed by atoms with Gasteiger partial charge < -0.3 is 15.9 Å². The van der Waals surface area contributed by atoms with Gasteiger partial charge in [0.15, 0.2) is 0 Å². The molecule has 2 heterocycles. The molecule has 0 saturated carbocycles. The predicted octanol–water partition coefficient (Wildman–Crippen LogP) is 3.17. The van der Waals surface area contributed by atoms with Crippen LogP contribution in [0.2, 0.25) is 0 Å². The predicted molar refractivity (Wildman–Crippen MR) is 110 cm³/mol. The highest BCUT2D eigenvalue weighted by molar-refractivity contribution is 6.02. The molecule has 146 valence electrons. The second-order valence-corrected chi connectivity index (χ2v) is 7.55. The summed E-state index contributed by atoms with van der Waals surface area (Å²) in [4.78, 5) is 9.14. The van der Waals surface area contributed by atoms with Crippen molar-refractivity contribution in [3.8, 4) is 0 Å². The van der Waals surface area contributed by atoms with E-state index < -0.39 is 0 Å². The van der Waals surface area contributed by atoms with Crippen molar-refractivity contribution in [1.29, 1.82) is 0 Å². The van der Waals surface area contributed by atoms with Gasteiger partial charge in [-0.3, -0.25) is 0 Å². The minimum absolute atomic E-state index is 0.262. The largest absolute Gasteiger partial charge is 0.411 e. The molecular weight excluding hydrogens is 352 g/mol. The number of nitrogens with one attached hydrogen (secondary N) is 2. The van der Waals surface area contributed by atoms with Crippen molar-refractivity contribution in [2.24, 2.45) is 16.2 Å². The summed E-state index contributed by atoms with van der Waals surface area (Å²) in [6, 6.07) is 10.7. The van der Waals surface area contributed by atoms with Crippen molar-refractivity contribution in [2.45, 2.75) is 44.6 Å². The Balaban J connectivity index is 1.41. The summed E-state index contributed by atoms with van der Waals surface area (Å²) in [6.45, 7) is 2.97. The Morgan fingerprint density at radius 2 is 2.11 bits per heavy atom. The van der Waals surface area contributed by atoms with Crippen molar-refractivity contribution in [3.05, 3.63) is 53.3 Å². The Kier molecular flexibility index (Phi) is 5.50. The van der Waals surface area contributed by atoms with Crippen molar-refractivity contribution in [3.63, 3.8) is 0 Å². The van der Waals surface area contributed by atoms with Gasteiger partial charge in [-0.1, -0.05) is 35.5 Å². The van der Waals surface area contributed by atoms with Crippen LogP contribution in [0.15, 0.2) is 46.8 Å². The van der Waals surface area contributed by atoms with Crippen LogP contribution in [-0.4, -0.2) is 39.7 Å². The van der Waals surface area contributed by atoms with Crippen molar-refractivity contribution in [2.75, 3.05) is 11.9 Å². The molecule has 0 bridgehead atoms. The summed E-state index contributed by atoms with van der Waals surface area (Å²) in [5.41, 5.74) is 6.76. The maximum Gasteiger partial charge on any atom is 0.222 e. The summed E-state index contributed by atoms with van der Waals surface area (Å²) < 4.78 is 0. The molecule has 2 aromatic rings. The lowest BCUT2D eigenvalue weighted by Gasteiger charge is -2.25. The lowest BCUT2D eigenvalue weighted by molar-refractivity contribution is 0.316. The van der Waals surface area contributed by atoms with Crippen LogP contribution in [-0.2, 0) is 6.42 Å². The second-order valence-electron chi connectivity index (χ2n) is 7.55. The molecule has 0 spiro atoms. The Bertz CT molecular complexity index is 866. The van der Waals surface area contributed by atoms with E-state index in [1.807, 2.05) is 24.4 Å². The van der Waals surface area contributed by atoms with Crippen LogP contribution in [0.5, 0.6) is 0 Å². The number of fused-ring (bicyclic) bond motifs is 1. The molecule has 1 aromatic carbocycles. The molecule has 3 atom stereocenters. The first-order chi connectivity index (χ1) is 13.7. The highest BCUT2D eigenvalue weighted by Crippen LogP contribution is 2.32. The van der Waals surface area contributed by atoms with Crippen molar-refractivity contribution >= 4 is 17.9 Å². The van der Waals surface area contributed by atoms with E-state index in [9.17, 15) is 5.21 Å². The third-order valence-electron chi connectivity index (χ3n) is 5.63. The lowest BCUT2D eigenvalue weighted by atomic mass is 9.82. The van der Waals surface area contributed by atoms with Crippen LogP contribution in [0.4, 0.5) is 5.95 Å². The van der Waals surface area contributed by atoms with Gasteiger partial charge in [0, 0.05) is 42.9 Å². The number of oxime groups is 1. The maximum atomic E-state index is 9.47. The van der Waals surface area contributed by atoms with Crippen LogP contribution in [0, 0.1) is 5.92 Å². The summed E-state index contributed by atoms with van der Waals surface area (Å²) >= 11 is 0. The number of hydrogen-bond acceptors (Lipinski definition) is 7. The van der Waals surface area contributed by atoms with E-state index in [2.05, 4.69) is 45.0 Å². The van der Waals surface area contributed by atoms with Gasteiger partial charge in [-0.15, -0.1) is 0 Å². The summed E-state index contributed by atoms with van der Waals surface area (Å²) in [7, 11) is 0. The van der Waals surface area contributed by atoms with Crippen LogP contribution < -0.4 is 10.7 Å². The van der Waals surface area contributed by atoms with Gasteiger partial charge in [-0.25, -0.2) is 9.97 Å². The first kappa shape index (κ1) is 18.4. The van der Waals surface area contributed by atoms with E-state index in [1.54, 1.807) is 6.20 Å². The van der Waals surface area contributed by atoms with Gasteiger partial charge in [0.2, 0.25) is 5.95 Å². The Morgan fingerprint density at radius 1 is 1.25 bits per heavy atom. The quantitative estimate of drug-likeness (QED) is 0.408. The molecule has 7 heteroatoms. The van der Waals surface area contributed by atoms with Crippen molar-refractivity contribution < 1.29 is 5.21 Å². The zero-order valence-electron chi connectivity index (χ0n) is 16.0. The molecule has 0 fully saturated rings. The fourth-order valence-electron chi connectivity index (χ4n) is 3.95. The smallest absolute Gasteiger partial charge is 0.222 e. The maximum absolute atomic E-state index is 9.47. The third kappa shape index (κ3) is 3.98. The first-order valence-electron chi connectivity index (χ1n) is 9.89. The minimum Gasteiger partial charge on any atom is -0.411 e. The molecule has 0 saturated heterocycles. The fraction of sp³-hybridized carbons (Fsp3) is 0.429. The number of aromatic nitrogens is 2. The summed E-state index contributed by atoms with van der Waals surface area (Å²) in [6.07, 6.45) is 7.39. The minimum atomic E-state index is 0.262. The third-order valence-corrected chi connectivity index (χ3v) is 5.63.